The van der Waals surface area contributed by atoms with Crippen LogP contribution >= 0.6 is 0 Å². The van der Waals surface area contributed by atoms with Crippen molar-refractivity contribution in [3.05, 3.63) is 22.9 Å². The first-order valence-electron chi connectivity index (χ1n) is 2.50. The molecule has 0 radical (unpaired) electrons. The normalized spacial score (nSPS) is 9.44. The van der Waals surface area contributed by atoms with E-state index in [9.17, 15) is 4.79 Å². The Hall–Kier alpha value is -1.32. The van der Waals surface area contributed by atoms with Crippen LogP contribution < -0.4 is 5.69 Å². The van der Waals surface area contributed by atoms with Crippen molar-refractivity contribution in [1.82, 2.24) is 15.2 Å². The minimum atomic E-state index is -0.298. The second kappa shape index (κ2) is 1.89. The molecule has 1 rings (SSSR count). The number of hydrogen-bond acceptors (Lipinski definition) is 2. The Balaban J connectivity index is 3.12. The third-order valence-electron chi connectivity index (χ3n) is 0.905. The molecule has 0 saturated carbocycles. The summed E-state index contributed by atoms with van der Waals surface area (Å²) in [5.41, 5.74) is 0.446. The molecule has 1 heterocycles. The first kappa shape index (κ1) is 5.81. The standard InChI is InChI=1S/C5H7N3O/c1-3(2)4-6-5(9)8-7-4/h1H2,2H3,(H2,6,7,8,9). The molecule has 0 aliphatic rings. The molecule has 1 aromatic rings. The molecule has 48 valence electrons. The molecule has 0 aliphatic heterocycles. The second-order valence-corrected chi connectivity index (χ2v) is 1.81. The average Bonchev–Trinajstić information content (AvgIpc) is 2.14. The van der Waals surface area contributed by atoms with Crippen LogP contribution in [-0.4, -0.2) is 15.2 Å². The zero-order valence-corrected chi connectivity index (χ0v) is 5.06. The number of aromatic amines is 2. The third kappa shape index (κ3) is 1.07. The first-order chi connectivity index (χ1) is 4.20. The van der Waals surface area contributed by atoms with Gasteiger partial charge in [-0.3, -0.25) is 4.98 Å². The summed E-state index contributed by atoms with van der Waals surface area (Å²) in [5, 5.41) is 5.85. The highest BCUT2D eigenvalue weighted by Crippen LogP contribution is 1.98. The van der Waals surface area contributed by atoms with Crippen molar-refractivity contribution in [2.45, 2.75) is 6.92 Å². The average molecular weight is 125 g/mol. The topological polar surface area (TPSA) is 61.5 Å². The molecule has 0 amide bonds. The van der Waals surface area contributed by atoms with Gasteiger partial charge in [0.15, 0.2) is 5.82 Å². The summed E-state index contributed by atoms with van der Waals surface area (Å²) in [6.45, 7) is 5.36. The monoisotopic (exact) mass is 125 g/mol. The van der Waals surface area contributed by atoms with Crippen LogP contribution in [0.2, 0.25) is 0 Å². The molecule has 1 aromatic heterocycles. The fraction of sp³-hybridized carbons (Fsp3) is 0.200. The van der Waals surface area contributed by atoms with Crippen LogP contribution in [0.4, 0.5) is 0 Å². The van der Waals surface area contributed by atoms with Crippen molar-refractivity contribution in [2.24, 2.45) is 0 Å². The molecular weight excluding hydrogens is 118 g/mol. The maximum Gasteiger partial charge on any atom is 0.340 e. The molecule has 4 heteroatoms. The van der Waals surface area contributed by atoms with E-state index in [4.69, 9.17) is 0 Å². The van der Waals surface area contributed by atoms with Crippen molar-refractivity contribution in [1.29, 1.82) is 0 Å². The van der Waals surface area contributed by atoms with Gasteiger partial charge in [0.2, 0.25) is 0 Å². The Morgan fingerprint density at radius 2 is 2.44 bits per heavy atom. The van der Waals surface area contributed by atoms with Gasteiger partial charge in [0.25, 0.3) is 0 Å². The van der Waals surface area contributed by atoms with E-state index in [1.165, 1.54) is 0 Å². The van der Waals surface area contributed by atoms with Crippen LogP contribution in [0.1, 0.15) is 12.7 Å². The van der Waals surface area contributed by atoms with Crippen LogP contribution in [0.15, 0.2) is 11.4 Å². The van der Waals surface area contributed by atoms with Gasteiger partial charge in [-0.2, -0.15) is 5.10 Å². The number of allylic oxidation sites excluding steroid dienone is 1. The second-order valence-electron chi connectivity index (χ2n) is 1.81. The Morgan fingerprint density at radius 3 is 2.67 bits per heavy atom. The summed E-state index contributed by atoms with van der Waals surface area (Å²) in [6.07, 6.45) is 0. The van der Waals surface area contributed by atoms with E-state index in [1.54, 1.807) is 6.92 Å². The molecule has 0 aliphatic carbocycles. The Labute approximate surface area is 51.6 Å². The molecule has 0 spiro atoms. The van der Waals surface area contributed by atoms with Crippen molar-refractivity contribution in [2.75, 3.05) is 0 Å². The van der Waals surface area contributed by atoms with Crippen LogP contribution in [-0.2, 0) is 0 Å². The summed E-state index contributed by atoms with van der Waals surface area (Å²) in [4.78, 5) is 12.8. The van der Waals surface area contributed by atoms with Gasteiger partial charge in [-0.1, -0.05) is 6.58 Å². The summed E-state index contributed by atoms with van der Waals surface area (Å²) in [7, 11) is 0. The van der Waals surface area contributed by atoms with Gasteiger partial charge in [-0.25, -0.2) is 9.89 Å². The van der Waals surface area contributed by atoms with Gasteiger partial charge in [0.05, 0.1) is 0 Å². The van der Waals surface area contributed by atoms with Crippen molar-refractivity contribution < 1.29 is 0 Å². The highest BCUT2D eigenvalue weighted by atomic mass is 16.1. The lowest BCUT2D eigenvalue weighted by Gasteiger charge is -1.84. The highest BCUT2D eigenvalue weighted by molar-refractivity contribution is 5.53. The van der Waals surface area contributed by atoms with E-state index in [1.807, 2.05) is 0 Å². The van der Waals surface area contributed by atoms with Crippen LogP contribution in [0.5, 0.6) is 0 Å². The molecule has 4 nitrogen and oxygen atoms in total. The van der Waals surface area contributed by atoms with Crippen molar-refractivity contribution >= 4 is 5.57 Å². The summed E-state index contributed by atoms with van der Waals surface area (Å²) < 4.78 is 0. The van der Waals surface area contributed by atoms with E-state index in [2.05, 4.69) is 21.8 Å². The lowest BCUT2D eigenvalue weighted by Crippen LogP contribution is -2.00. The zero-order valence-electron chi connectivity index (χ0n) is 5.06. The SMILES string of the molecule is C=C(C)c1n[nH]c(=O)[nH]1. The summed E-state index contributed by atoms with van der Waals surface area (Å²) >= 11 is 0. The van der Waals surface area contributed by atoms with Gasteiger partial charge in [-0.15, -0.1) is 0 Å². The van der Waals surface area contributed by atoms with Crippen LogP contribution in [0.3, 0.4) is 0 Å². The van der Waals surface area contributed by atoms with E-state index in [-0.39, 0.29) is 5.69 Å². The fourth-order valence-electron chi connectivity index (χ4n) is 0.472. The van der Waals surface area contributed by atoms with Gasteiger partial charge in [-0.05, 0) is 12.5 Å². The molecule has 0 aromatic carbocycles. The third-order valence-corrected chi connectivity index (χ3v) is 0.905. The van der Waals surface area contributed by atoms with Gasteiger partial charge in [0.1, 0.15) is 0 Å². The highest BCUT2D eigenvalue weighted by Gasteiger charge is 1.94. The quantitative estimate of drug-likeness (QED) is 0.560. The predicted molar refractivity (Wildman–Crippen MR) is 33.9 cm³/mol. The van der Waals surface area contributed by atoms with Crippen molar-refractivity contribution in [3.63, 3.8) is 0 Å². The fourth-order valence-corrected chi connectivity index (χ4v) is 0.472. The van der Waals surface area contributed by atoms with E-state index >= 15 is 0 Å². The number of aromatic nitrogens is 3. The van der Waals surface area contributed by atoms with E-state index < -0.39 is 0 Å². The van der Waals surface area contributed by atoms with Gasteiger partial charge in [0, 0.05) is 0 Å². The number of H-pyrrole nitrogens is 2. The van der Waals surface area contributed by atoms with Crippen LogP contribution in [0.25, 0.3) is 5.57 Å². The maximum absolute atomic E-state index is 10.4. The number of hydrogen-bond donors (Lipinski definition) is 2. The molecular formula is C5H7N3O. The van der Waals surface area contributed by atoms with Crippen LogP contribution in [0, 0.1) is 0 Å². The van der Waals surface area contributed by atoms with Gasteiger partial charge < -0.3 is 0 Å². The lowest BCUT2D eigenvalue weighted by atomic mass is 10.3. The summed E-state index contributed by atoms with van der Waals surface area (Å²) in [5.74, 6) is 0.514. The smallest absolute Gasteiger partial charge is 0.289 e. The number of nitrogens with zero attached hydrogens (tertiary/aromatic N) is 1. The Kier molecular flexibility index (Phi) is 1.22. The zero-order chi connectivity index (χ0) is 6.85. The Bertz CT molecular complexity index is 270. The minimum Gasteiger partial charge on any atom is -0.289 e. The molecule has 0 saturated heterocycles. The summed E-state index contributed by atoms with van der Waals surface area (Å²) in [6, 6.07) is 0. The van der Waals surface area contributed by atoms with Crippen molar-refractivity contribution in [3.8, 4) is 0 Å². The van der Waals surface area contributed by atoms with Gasteiger partial charge >= 0.3 is 5.69 Å². The Morgan fingerprint density at radius 1 is 1.78 bits per heavy atom. The molecule has 0 atom stereocenters. The number of rotatable bonds is 1. The maximum atomic E-state index is 10.4. The molecule has 2 N–H and O–H groups in total. The minimum absolute atomic E-state index is 0.298. The molecule has 0 fully saturated rings. The molecule has 0 bridgehead atoms. The van der Waals surface area contributed by atoms with E-state index in [0.717, 1.165) is 5.57 Å². The largest absolute Gasteiger partial charge is 0.340 e. The molecule has 0 unspecified atom stereocenters. The first-order valence-corrected chi connectivity index (χ1v) is 2.50. The molecule has 9 heavy (non-hydrogen) atoms. The van der Waals surface area contributed by atoms with E-state index in [0.29, 0.717) is 5.82 Å². The lowest BCUT2D eigenvalue weighted by molar-refractivity contribution is 1.04. The predicted octanol–water partition coefficient (Wildman–Crippen LogP) is 0.131. The number of nitrogens with one attached hydrogen (secondary N) is 2.